The summed E-state index contributed by atoms with van der Waals surface area (Å²) in [7, 11) is 0. The largest absolute Gasteiger partial charge is 0.471 e. The second-order valence-corrected chi connectivity index (χ2v) is 5.18. The molecule has 6 nitrogen and oxygen atoms in total. The van der Waals surface area contributed by atoms with Crippen LogP contribution in [0.15, 0.2) is 42.7 Å². The molecule has 3 heterocycles. The molecule has 0 bridgehead atoms. The molecule has 1 atom stereocenters. The lowest BCUT2D eigenvalue weighted by Crippen LogP contribution is -2.07. The van der Waals surface area contributed by atoms with E-state index in [1.807, 2.05) is 30.3 Å². The zero-order valence-electron chi connectivity index (χ0n) is 12.4. The number of pyridine rings is 1. The smallest absolute Gasteiger partial charge is 0.218 e. The number of hydrogen-bond donors (Lipinski definition) is 1. The summed E-state index contributed by atoms with van der Waals surface area (Å²) in [5, 5.41) is 13.7. The second-order valence-electron chi connectivity index (χ2n) is 5.18. The van der Waals surface area contributed by atoms with Gasteiger partial charge in [0.1, 0.15) is 6.61 Å². The molecule has 0 saturated carbocycles. The maximum absolute atomic E-state index is 9.42. The Kier molecular flexibility index (Phi) is 4.29. The Hall–Kier alpha value is -2.47. The van der Waals surface area contributed by atoms with Crippen LogP contribution >= 0.6 is 0 Å². The lowest BCUT2D eigenvalue weighted by atomic mass is 10.2. The molecule has 0 fully saturated rings. The Morgan fingerprint density at radius 3 is 2.91 bits per heavy atom. The second kappa shape index (κ2) is 6.53. The molecule has 114 valence electrons. The van der Waals surface area contributed by atoms with Crippen molar-refractivity contribution in [2.24, 2.45) is 0 Å². The van der Waals surface area contributed by atoms with Crippen molar-refractivity contribution in [1.82, 2.24) is 19.6 Å². The van der Waals surface area contributed by atoms with E-state index in [1.165, 1.54) is 0 Å². The summed E-state index contributed by atoms with van der Waals surface area (Å²) in [5.41, 5.74) is 2.47. The third kappa shape index (κ3) is 3.40. The summed E-state index contributed by atoms with van der Waals surface area (Å²) in [5.74, 6) is 0.626. The number of nitrogens with zero attached hydrogens (tertiary/aromatic N) is 4. The van der Waals surface area contributed by atoms with Gasteiger partial charge in [-0.05, 0) is 31.9 Å². The molecule has 3 aromatic heterocycles. The predicted octanol–water partition coefficient (Wildman–Crippen LogP) is 2.02. The summed E-state index contributed by atoms with van der Waals surface area (Å²) >= 11 is 0. The highest BCUT2D eigenvalue weighted by Crippen LogP contribution is 2.17. The van der Waals surface area contributed by atoms with Gasteiger partial charge in [-0.1, -0.05) is 6.07 Å². The molecule has 0 aromatic carbocycles. The van der Waals surface area contributed by atoms with Gasteiger partial charge >= 0.3 is 0 Å². The van der Waals surface area contributed by atoms with Gasteiger partial charge in [0, 0.05) is 24.0 Å². The van der Waals surface area contributed by atoms with Crippen molar-refractivity contribution in [2.75, 3.05) is 0 Å². The van der Waals surface area contributed by atoms with Crippen LogP contribution in [0.25, 0.3) is 5.65 Å². The third-order valence-electron chi connectivity index (χ3n) is 3.29. The molecule has 0 spiro atoms. The number of aromatic nitrogens is 4. The molecular formula is C16H18N4O2. The zero-order valence-corrected chi connectivity index (χ0v) is 12.4. The van der Waals surface area contributed by atoms with Gasteiger partial charge < -0.3 is 9.84 Å². The Morgan fingerprint density at radius 1 is 1.23 bits per heavy atom. The van der Waals surface area contributed by atoms with Crippen LogP contribution in [-0.2, 0) is 13.0 Å². The first-order valence-electron chi connectivity index (χ1n) is 7.27. The van der Waals surface area contributed by atoms with Crippen molar-refractivity contribution in [3.63, 3.8) is 0 Å². The number of aryl methyl sites for hydroxylation is 1. The fraction of sp³-hybridized carbons (Fsp3) is 0.312. The van der Waals surface area contributed by atoms with Crippen molar-refractivity contribution in [3.8, 4) is 5.88 Å². The monoisotopic (exact) mass is 298 g/mol. The highest BCUT2D eigenvalue weighted by Gasteiger charge is 2.09. The van der Waals surface area contributed by atoms with Crippen molar-refractivity contribution < 1.29 is 9.84 Å². The molecule has 6 heteroatoms. The van der Waals surface area contributed by atoms with E-state index in [2.05, 4.69) is 15.1 Å². The Labute approximate surface area is 128 Å². The molecule has 0 aliphatic rings. The van der Waals surface area contributed by atoms with Crippen LogP contribution in [0.5, 0.6) is 5.88 Å². The van der Waals surface area contributed by atoms with Gasteiger partial charge in [0.15, 0.2) is 5.65 Å². The molecule has 1 N–H and O–H groups in total. The van der Waals surface area contributed by atoms with Crippen molar-refractivity contribution in [1.29, 1.82) is 0 Å². The number of aliphatic hydroxyl groups is 1. The maximum Gasteiger partial charge on any atom is 0.218 e. The lowest BCUT2D eigenvalue weighted by Gasteiger charge is -2.10. The Bertz CT molecular complexity index is 740. The zero-order chi connectivity index (χ0) is 15.4. The summed E-state index contributed by atoms with van der Waals surface area (Å²) in [6.07, 6.45) is 4.44. The number of ether oxygens (including phenoxy) is 1. The highest BCUT2D eigenvalue weighted by atomic mass is 16.5. The molecule has 0 radical (unpaired) electrons. The van der Waals surface area contributed by atoms with Crippen LogP contribution in [-0.4, -0.2) is 30.8 Å². The van der Waals surface area contributed by atoms with Crippen LogP contribution < -0.4 is 4.74 Å². The lowest BCUT2D eigenvalue weighted by molar-refractivity contribution is 0.184. The van der Waals surface area contributed by atoms with E-state index in [-0.39, 0.29) is 6.10 Å². The van der Waals surface area contributed by atoms with Gasteiger partial charge in [-0.2, -0.15) is 9.61 Å². The minimum atomic E-state index is -0.346. The number of hydrogen-bond acceptors (Lipinski definition) is 5. The van der Waals surface area contributed by atoms with E-state index in [1.54, 1.807) is 23.8 Å². The van der Waals surface area contributed by atoms with E-state index in [4.69, 9.17) is 4.74 Å². The Balaban J connectivity index is 1.82. The summed E-state index contributed by atoms with van der Waals surface area (Å²) < 4.78 is 7.51. The maximum atomic E-state index is 9.42. The SMILES string of the molecule is CC(O)CCc1cc(OCc2ccccn2)n2nccc2n1. The number of fused-ring (bicyclic) bond motifs is 1. The van der Waals surface area contributed by atoms with E-state index < -0.39 is 0 Å². The molecule has 0 saturated heterocycles. The van der Waals surface area contributed by atoms with E-state index >= 15 is 0 Å². The van der Waals surface area contributed by atoms with Crippen molar-refractivity contribution >= 4 is 5.65 Å². The molecule has 1 unspecified atom stereocenters. The van der Waals surface area contributed by atoms with Gasteiger partial charge in [-0.15, -0.1) is 0 Å². The predicted molar refractivity (Wildman–Crippen MR) is 81.6 cm³/mol. The molecule has 0 aliphatic carbocycles. The van der Waals surface area contributed by atoms with E-state index in [9.17, 15) is 5.11 Å². The summed E-state index contributed by atoms with van der Waals surface area (Å²) in [6, 6.07) is 9.41. The number of aliphatic hydroxyl groups excluding tert-OH is 1. The summed E-state index contributed by atoms with van der Waals surface area (Å²) in [6.45, 7) is 2.14. The van der Waals surface area contributed by atoms with Gasteiger partial charge in [0.05, 0.1) is 18.0 Å². The van der Waals surface area contributed by atoms with Crippen LogP contribution in [0.4, 0.5) is 0 Å². The van der Waals surface area contributed by atoms with Crippen LogP contribution in [0.3, 0.4) is 0 Å². The van der Waals surface area contributed by atoms with Crippen molar-refractivity contribution in [3.05, 3.63) is 54.1 Å². The molecule has 3 aromatic rings. The molecule has 0 aliphatic heterocycles. The highest BCUT2D eigenvalue weighted by molar-refractivity contribution is 5.41. The normalized spacial score (nSPS) is 12.5. The van der Waals surface area contributed by atoms with E-state index in [0.717, 1.165) is 17.0 Å². The van der Waals surface area contributed by atoms with E-state index in [0.29, 0.717) is 25.3 Å². The van der Waals surface area contributed by atoms with Crippen LogP contribution in [0, 0.1) is 0 Å². The fourth-order valence-corrected chi connectivity index (χ4v) is 2.15. The number of rotatable bonds is 6. The average Bonchev–Trinajstić information content (AvgIpc) is 3.00. The first-order chi connectivity index (χ1) is 10.7. The average molecular weight is 298 g/mol. The minimum Gasteiger partial charge on any atom is -0.471 e. The topological polar surface area (TPSA) is 72.5 Å². The molecule has 0 amide bonds. The van der Waals surface area contributed by atoms with Gasteiger partial charge in [-0.25, -0.2) is 4.98 Å². The quantitative estimate of drug-likeness (QED) is 0.753. The van der Waals surface area contributed by atoms with Gasteiger partial charge in [0.2, 0.25) is 5.88 Å². The molecule has 22 heavy (non-hydrogen) atoms. The third-order valence-corrected chi connectivity index (χ3v) is 3.29. The molecular weight excluding hydrogens is 280 g/mol. The molecule has 3 rings (SSSR count). The van der Waals surface area contributed by atoms with Gasteiger partial charge in [0.25, 0.3) is 0 Å². The summed E-state index contributed by atoms with van der Waals surface area (Å²) in [4.78, 5) is 8.76. The fourth-order valence-electron chi connectivity index (χ4n) is 2.15. The first-order valence-corrected chi connectivity index (χ1v) is 7.27. The van der Waals surface area contributed by atoms with Crippen LogP contribution in [0.2, 0.25) is 0 Å². The van der Waals surface area contributed by atoms with Gasteiger partial charge in [-0.3, -0.25) is 4.98 Å². The van der Waals surface area contributed by atoms with Crippen LogP contribution in [0.1, 0.15) is 24.7 Å². The standard InChI is InChI=1S/C16H18N4O2/c1-12(21)5-6-13-10-16(20-15(19-13)7-9-18-20)22-11-14-4-2-3-8-17-14/h2-4,7-10,12,21H,5-6,11H2,1H3. The van der Waals surface area contributed by atoms with Crippen molar-refractivity contribution in [2.45, 2.75) is 32.5 Å². The Morgan fingerprint density at radius 2 is 2.14 bits per heavy atom. The minimum absolute atomic E-state index is 0.346. The first kappa shape index (κ1) is 14.5.